The first-order chi connectivity index (χ1) is 7.67. The van der Waals surface area contributed by atoms with Crippen LogP contribution in [0.2, 0.25) is 0 Å². The summed E-state index contributed by atoms with van der Waals surface area (Å²) in [5, 5.41) is 3.58. The molecule has 0 aliphatic heterocycles. The number of rotatable bonds is 6. The molecule has 1 atom stereocenters. The van der Waals surface area contributed by atoms with Crippen molar-refractivity contribution in [1.29, 1.82) is 0 Å². The molecule has 0 spiro atoms. The predicted octanol–water partition coefficient (Wildman–Crippen LogP) is 3.22. The summed E-state index contributed by atoms with van der Waals surface area (Å²) in [6.45, 7) is 7.68. The minimum atomic E-state index is 0.599. The molecule has 0 radical (unpaired) electrons. The lowest BCUT2D eigenvalue weighted by Gasteiger charge is -2.20. The molecule has 90 valence electrons. The fraction of sp³-hybridized carbons (Fsp3) is 0.571. The van der Waals surface area contributed by atoms with Crippen molar-refractivity contribution in [3.8, 4) is 5.75 Å². The van der Waals surface area contributed by atoms with Crippen LogP contribution in [0.15, 0.2) is 24.3 Å². The van der Waals surface area contributed by atoms with Gasteiger partial charge in [0.25, 0.3) is 0 Å². The zero-order valence-electron chi connectivity index (χ0n) is 10.8. The van der Waals surface area contributed by atoms with E-state index in [0.29, 0.717) is 12.0 Å². The van der Waals surface area contributed by atoms with Crippen molar-refractivity contribution >= 4 is 0 Å². The van der Waals surface area contributed by atoms with Crippen molar-refractivity contribution in [2.24, 2.45) is 5.92 Å². The molecule has 0 bridgehead atoms. The highest BCUT2D eigenvalue weighted by atomic mass is 16.5. The maximum absolute atomic E-state index is 5.13. The van der Waals surface area contributed by atoms with E-state index in [2.05, 4.69) is 38.2 Å². The van der Waals surface area contributed by atoms with E-state index in [1.54, 1.807) is 7.11 Å². The number of benzene rings is 1. The first kappa shape index (κ1) is 13.0. The van der Waals surface area contributed by atoms with Gasteiger partial charge in [0.2, 0.25) is 0 Å². The number of nitrogens with one attached hydrogen (secondary N) is 1. The van der Waals surface area contributed by atoms with Crippen molar-refractivity contribution in [3.63, 3.8) is 0 Å². The third-order valence-electron chi connectivity index (χ3n) is 2.97. The Morgan fingerprint density at radius 2 is 1.81 bits per heavy atom. The Morgan fingerprint density at radius 1 is 1.19 bits per heavy atom. The van der Waals surface area contributed by atoms with Crippen molar-refractivity contribution in [2.75, 3.05) is 7.11 Å². The van der Waals surface area contributed by atoms with E-state index in [4.69, 9.17) is 4.74 Å². The molecule has 1 aromatic carbocycles. The van der Waals surface area contributed by atoms with Crippen LogP contribution in [0.3, 0.4) is 0 Å². The standard InChI is InChI=1S/C14H23NO/c1-5-14(11(2)3)15-10-12-6-8-13(16-4)9-7-12/h6-9,11,14-15H,5,10H2,1-4H3. The molecule has 0 saturated heterocycles. The van der Waals surface area contributed by atoms with Crippen molar-refractivity contribution in [3.05, 3.63) is 29.8 Å². The Morgan fingerprint density at radius 3 is 2.25 bits per heavy atom. The molecule has 0 fully saturated rings. The molecule has 1 aromatic rings. The molecule has 1 rings (SSSR count). The van der Waals surface area contributed by atoms with Gasteiger partial charge in [-0.25, -0.2) is 0 Å². The monoisotopic (exact) mass is 221 g/mol. The van der Waals surface area contributed by atoms with E-state index in [1.165, 1.54) is 12.0 Å². The van der Waals surface area contributed by atoms with Crippen LogP contribution in [0.5, 0.6) is 5.75 Å². The van der Waals surface area contributed by atoms with Crippen LogP contribution in [0, 0.1) is 5.92 Å². The van der Waals surface area contributed by atoms with Crippen molar-refractivity contribution in [2.45, 2.75) is 39.8 Å². The summed E-state index contributed by atoms with van der Waals surface area (Å²) in [5.41, 5.74) is 1.31. The van der Waals surface area contributed by atoms with Gasteiger partial charge in [-0.1, -0.05) is 32.9 Å². The SMILES string of the molecule is CCC(NCc1ccc(OC)cc1)C(C)C. The van der Waals surface area contributed by atoms with Gasteiger partial charge in [0.15, 0.2) is 0 Å². The summed E-state index contributed by atoms with van der Waals surface area (Å²) in [4.78, 5) is 0. The molecule has 1 N–H and O–H groups in total. The summed E-state index contributed by atoms with van der Waals surface area (Å²) in [5.74, 6) is 1.60. The fourth-order valence-corrected chi connectivity index (χ4v) is 1.84. The Labute approximate surface area is 99.0 Å². The molecule has 0 heterocycles. The predicted molar refractivity (Wildman–Crippen MR) is 68.8 cm³/mol. The lowest BCUT2D eigenvalue weighted by molar-refractivity contribution is 0.387. The Kier molecular flexibility index (Phi) is 5.33. The highest BCUT2D eigenvalue weighted by molar-refractivity contribution is 5.27. The van der Waals surface area contributed by atoms with Gasteiger partial charge in [-0.3, -0.25) is 0 Å². The molecule has 0 aliphatic rings. The lowest BCUT2D eigenvalue weighted by atomic mass is 10.0. The zero-order valence-corrected chi connectivity index (χ0v) is 10.8. The fourth-order valence-electron chi connectivity index (χ4n) is 1.84. The second-order valence-electron chi connectivity index (χ2n) is 4.49. The van der Waals surface area contributed by atoms with Crippen LogP contribution in [0.4, 0.5) is 0 Å². The summed E-state index contributed by atoms with van der Waals surface area (Å²) in [6, 6.07) is 8.83. The number of ether oxygens (including phenoxy) is 1. The molecule has 0 saturated carbocycles. The topological polar surface area (TPSA) is 21.3 Å². The highest BCUT2D eigenvalue weighted by Gasteiger charge is 2.09. The van der Waals surface area contributed by atoms with E-state index in [9.17, 15) is 0 Å². The number of hydrogen-bond donors (Lipinski definition) is 1. The van der Waals surface area contributed by atoms with Gasteiger partial charge in [0.05, 0.1) is 7.11 Å². The normalized spacial score (nSPS) is 12.8. The first-order valence-electron chi connectivity index (χ1n) is 6.03. The zero-order chi connectivity index (χ0) is 12.0. The average Bonchev–Trinajstić information content (AvgIpc) is 2.30. The number of methoxy groups -OCH3 is 1. The molecule has 0 amide bonds. The largest absolute Gasteiger partial charge is 0.497 e. The molecule has 0 aliphatic carbocycles. The van der Waals surface area contributed by atoms with Crippen LogP contribution in [-0.2, 0) is 6.54 Å². The third-order valence-corrected chi connectivity index (χ3v) is 2.97. The number of hydrogen-bond acceptors (Lipinski definition) is 2. The second-order valence-corrected chi connectivity index (χ2v) is 4.49. The lowest BCUT2D eigenvalue weighted by Crippen LogP contribution is -2.32. The van der Waals surface area contributed by atoms with Crippen LogP contribution in [0.25, 0.3) is 0 Å². The molecule has 1 unspecified atom stereocenters. The van der Waals surface area contributed by atoms with Crippen molar-refractivity contribution in [1.82, 2.24) is 5.32 Å². The summed E-state index contributed by atoms with van der Waals surface area (Å²) in [7, 11) is 1.69. The smallest absolute Gasteiger partial charge is 0.118 e. The van der Waals surface area contributed by atoms with Gasteiger partial charge in [0, 0.05) is 12.6 Å². The minimum absolute atomic E-state index is 0.599. The highest BCUT2D eigenvalue weighted by Crippen LogP contribution is 2.12. The maximum Gasteiger partial charge on any atom is 0.118 e. The van der Waals surface area contributed by atoms with Gasteiger partial charge >= 0.3 is 0 Å². The van der Waals surface area contributed by atoms with Crippen molar-refractivity contribution < 1.29 is 4.74 Å². The Bertz CT molecular complexity index is 292. The van der Waals surface area contributed by atoms with E-state index in [1.807, 2.05) is 12.1 Å². The average molecular weight is 221 g/mol. The molecular weight excluding hydrogens is 198 g/mol. The Hall–Kier alpha value is -1.02. The third kappa shape index (κ3) is 3.86. The van der Waals surface area contributed by atoms with Crippen LogP contribution >= 0.6 is 0 Å². The van der Waals surface area contributed by atoms with Gasteiger partial charge in [-0.05, 0) is 30.0 Å². The second kappa shape index (κ2) is 6.54. The van der Waals surface area contributed by atoms with E-state index in [0.717, 1.165) is 12.3 Å². The van der Waals surface area contributed by atoms with E-state index in [-0.39, 0.29) is 0 Å². The molecular formula is C14H23NO. The summed E-state index contributed by atoms with van der Waals surface area (Å²) in [6.07, 6.45) is 1.17. The maximum atomic E-state index is 5.13. The molecule has 0 aromatic heterocycles. The Balaban J connectivity index is 2.47. The van der Waals surface area contributed by atoms with Crippen LogP contribution in [-0.4, -0.2) is 13.2 Å². The van der Waals surface area contributed by atoms with Gasteiger partial charge < -0.3 is 10.1 Å². The van der Waals surface area contributed by atoms with Gasteiger partial charge in [-0.15, -0.1) is 0 Å². The van der Waals surface area contributed by atoms with E-state index < -0.39 is 0 Å². The summed E-state index contributed by atoms with van der Waals surface area (Å²) < 4.78 is 5.13. The van der Waals surface area contributed by atoms with Gasteiger partial charge in [0.1, 0.15) is 5.75 Å². The van der Waals surface area contributed by atoms with Gasteiger partial charge in [-0.2, -0.15) is 0 Å². The summed E-state index contributed by atoms with van der Waals surface area (Å²) >= 11 is 0. The molecule has 2 nitrogen and oxygen atoms in total. The molecule has 16 heavy (non-hydrogen) atoms. The van der Waals surface area contributed by atoms with Crippen LogP contribution < -0.4 is 10.1 Å². The van der Waals surface area contributed by atoms with Crippen LogP contribution in [0.1, 0.15) is 32.8 Å². The quantitative estimate of drug-likeness (QED) is 0.796. The first-order valence-corrected chi connectivity index (χ1v) is 6.03. The minimum Gasteiger partial charge on any atom is -0.497 e. The molecule has 2 heteroatoms. The van der Waals surface area contributed by atoms with E-state index >= 15 is 0 Å².